The molecule has 0 aromatic heterocycles. The normalized spacial score (nSPS) is 21.6. The Bertz CT molecular complexity index is 116. The van der Waals surface area contributed by atoms with E-state index in [1.165, 1.54) is 6.42 Å². The van der Waals surface area contributed by atoms with E-state index in [2.05, 4.69) is 10.9 Å². The van der Waals surface area contributed by atoms with Crippen molar-refractivity contribution >= 4 is 6.09 Å². The van der Waals surface area contributed by atoms with Crippen molar-refractivity contribution in [1.82, 2.24) is 10.9 Å². The average molecular weight is 158 g/mol. The maximum atomic E-state index is 10.7. The standard InChI is InChI=1S/C7H14N2O2/c10-7-9-8-5-3-1-2-4-6-11-7/h8H,1-6H2,(H,9,10). The molecule has 11 heavy (non-hydrogen) atoms. The number of ether oxygens (including phenoxy) is 1. The highest BCUT2D eigenvalue weighted by Crippen LogP contribution is 1.99. The molecule has 0 aromatic rings. The number of cyclic esters (lactones) is 1. The van der Waals surface area contributed by atoms with Crippen molar-refractivity contribution in [3.63, 3.8) is 0 Å². The molecule has 0 saturated carbocycles. The lowest BCUT2D eigenvalue weighted by Crippen LogP contribution is -2.38. The molecule has 1 aliphatic rings. The van der Waals surface area contributed by atoms with Gasteiger partial charge in [0.05, 0.1) is 6.61 Å². The third-order valence-corrected chi connectivity index (χ3v) is 1.62. The van der Waals surface area contributed by atoms with Gasteiger partial charge in [-0.2, -0.15) is 0 Å². The van der Waals surface area contributed by atoms with E-state index in [0.717, 1.165) is 25.8 Å². The Labute approximate surface area is 66.3 Å². The predicted molar refractivity (Wildman–Crippen MR) is 41.0 cm³/mol. The third-order valence-electron chi connectivity index (χ3n) is 1.62. The van der Waals surface area contributed by atoms with Gasteiger partial charge in [-0.15, -0.1) is 0 Å². The summed E-state index contributed by atoms with van der Waals surface area (Å²) >= 11 is 0. The van der Waals surface area contributed by atoms with Gasteiger partial charge in [-0.1, -0.05) is 12.8 Å². The smallest absolute Gasteiger partial charge is 0.421 e. The average Bonchev–Trinajstić information content (AvgIpc) is 2.03. The van der Waals surface area contributed by atoms with Gasteiger partial charge in [0.25, 0.3) is 0 Å². The number of hydrogen-bond donors (Lipinski definition) is 2. The lowest BCUT2D eigenvalue weighted by atomic mass is 10.2. The minimum atomic E-state index is -0.369. The number of nitrogens with one attached hydrogen (secondary N) is 2. The van der Waals surface area contributed by atoms with E-state index in [-0.39, 0.29) is 6.09 Å². The molecule has 4 nitrogen and oxygen atoms in total. The van der Waals surface area contributed by atoms with Crippen LogP contribution in [0.25, 0.3) is 0 Å². The summed E-state index contributed by atoms with van der Waals surface area (Å²) in [7, 11) is 0. The molecule has 0 radical (unpaired) electrons. The zero-order valence-corrected chi connectivity index (χ0v) is 6.56. The number of carbonyl (C=O) groups excluding carboxylic acids is 1. The summed E-state index contributed by atoms with van der Waals surface area (Å²) in [6, 6.07) is 0. The Kier molecular flexibility index (Phi) is 3.75. The molecule has 0 spiro atoms. The first-order valence-electron chi connectivity index (χ1n) is 4.05. The van der Waals surface area contributed by atoms with Gasteiger partial charge in [0, 0.05) is 6.54 Å². The Hall–Kier alpha value is -0.770. The van der Waals surface area contributed by atoms with E-state index in [1.807, 2.05) is 0 Å². The Morgan fingerprint density at radius 1 is 1.18 bits per heavy atom. The van der Waals surface area contributed by atoms with E-state index in [1.54, 1.807) is 0 Å². The summed E-state index contributed by atoms with van der Waals surface area (Å²) in [6.45, 7) is 1.36. The molecule has 2 N–H and O–H groups in total. The summed E-state index contributed by atoms with van der Waals surface area (Å²) in [4.78, 5) is 10.7. The number of carbonyl (C=O) groups is 1. The topological polar surface area (TPSA) is 50.4 Å². The van der Waals surface area contributed by atoms with Crippen molar-refractivity contribution in [2.45, 2.75) is 25.7 Å². The summed E-state index contributed by atoms with van der Waals surface area (Å²) in [5.41, 5.74) is 5.22. The lowest BCUT2D eigenvalue weighted by molar-refractivity contribution is 0.137. The van der Waals surface area contributed by atoms with Crippen LogP contribution in [-0.4, -0.2) is 19.2 Å². The Morgan fingerprint density at radius 3 is 2.91 bits per heavy atom. The molecular weight excluding hydrogens is 144 g/mol. The minimum Gasteiger partial charge on any atom is -0.449 e. The SMILES string of the molecule is O=C1NNCCCCCCO1. The monoisotopic (exact) mass is 158 g/mol. The second-order valence-corrected chi connectivity index (χ2v) is 2.60. The molecule has 1 heterocycles. The molecule has 1 fully saturated rings. The van der Waals surface area contributed by atoms with Crippen LogP contribution in [0.2, 0.25) is 0 Å². The van der Waals surface area contributed by atoms with Gasteiger partial charge < -0.3 is 4.74 Å². The first-order valence-corrected chi connectivity index (χ1v) is 4.05. The van der Waals surface area contributed by atoms with Crippen molar-refractivity contribution in [2.24, 2.45) is 0 Å². The summed E-state index contributed by atoms with van der Waals surface area (Å²) in [5.74, 6) is 0. The molecule has 1 saturated heterocycles. The summed E-state index contributed by atoms with van der Waals surface area (Å²) in [5, 5.41) is 0. The van der Waals surface area contributed by atoms with Crippen LogP contribution >= 0.6 is 0 Å². The molecular formula is C7H14N2O2. The largest absolute Gasteiger partial charge is 0.449 e. The second kappa shape index (κ2) is 4.96. The fraction of sp³-hybridized carbons (Fsp3) is 0.857. The van der Waals surface area contributed by atoms with Gasteiger partial charge in [0.2, 0.25) is 0 Å². The van der Waals surface area contributed by atoms with E-state index in [4.69, 9.17) is 4.74 Å². The fourth-order valence-corrected chi connectivity index (χ4v) is 1.00. The Balaban J connectivity index is 2.17. The summed E-state index contributed by atoms with van der Waals surface area (Å²) < 4.78 is 4.81. The van der Waals surface area contributed by atoms with Gasteiger partial charge >= 0.3 is 6.09 Å². The molecule has 0 aliphatic carbocycles. The van der Waals surface area contributed by atoms with E-state index in [0.29, 0.717) is 6.61 Å². The van der Waals surface area contributed by atoms with E-state index in [9.17, 15) is 4.79 Å². The summed E-state index contributed by atoms with van der Waals surface area (Å²) in [6.07, 6.45) is 4.07. The molecule has 0 aromatic carbocycles. The Morgan fingerprint density at radius 2 is 2.00 bits per heavy atom. The zero-order valence-electron chi connectivity index (χ0n) is 6.56. The molecule has 1 rings (SSSR count). The molecule has 0 bridgehead atoms. The highest BCUT2D eigenvalue weighted by atomic mass is 16.6. The van der Waals surface area contributed by atoms with Crippen molar-refractivity contribution in [3.8, 4) is 0 Å². The van der Waals surface area contributed by atoms with Crippen molar-refractivity contribution in [2.75, 3.05) is 13.2 Å². The molecule has 64 valence electrons. The zero-order chi connectivity index (χ0) is 7.94. The van der Waals surface area contributed by atoms with Crippen molar-refractivity contribution < 1.29 is 9.53 Å². The molecule has 4 heteroatoms. The fourth-order valence-electron chi connectivity index (χ4n) is 1.00. The van der Waals surface area contributed by atoms with Crippen LogP contribution in [0.3, 0.4) is 0 Å². The number of hydrazine groups is 1. The van der Waals surface area contributed by atoms with Crippen molar-refractivity contribution in [3.05, 3.63) is 0 Å². The maximum Gasteiger partial charge on any atom is 0.421 e. The highest BCUT2D eigenvalue weighted by molar-refractivity contribution is 5.66. The highest BCUT2D eigenvalue weighted by Gasteiger charge is 2.01. The molecule has 1 amide bonds. The van der Waals surface area contributed by atoms with Gasteiger partial charge in [-0.3, -0.25) is 5.43 Å². The quantitative estimate of drug-likeness (QED) is 0.548. The number of hydrogen-bond acceptors (Lipinski definition) is 3. The molecule has 1 aliphatic heterocycles. The van der Waals surface area contributed by atoms with E-state index >= 15 is 0 Å². The van der Waals surface area contributed by atoms with Crippen LogP contribution in [-0.2, 0) is 4.74 Å². The van der Waals surface area contributed by atoms with Crippen molar-refractivity contribution in [1.29, 1.82) is 0 Å². The van der Waals surface area contributed by atoms with Gasteiger partial charge in [0.15, 0.2) is 0 Å². The number of amides is 1. The van der Waals surface area contributed by atoms with Gasteiger partial charge in [0.1, 0.15) is 0 Å². The number of rotatable bonds is 0. The van der Waals surface area contributed by atoms with Crippen LogP contribution < -0.4 is 10.9 Å². The van der Waals surface area contributed by atoms with Crippen LogP contribution in [0.4, 0.5) is 4.79 Å². The molecule has 0 atom stereocenters. The van der Waals surface area contributed by atoms with Crippen LogP contribution in [0.15, 0.2) is 0 Å². The van der Waals surface area contributed by atoms with Crippen LogP contribution in [0, 0.1) is 0 Å². The van der Waals surface area contributed by atoms with Crippen LogP contribution in [0.1, 0.15) is 25.7 Å². The first kappa shape index (κ1) is 8.33. The maximum absolute atomic E-state index is 10.7. The second-order valence-electron chi connectivity index (χ2n) is 2.60. The predicted octanol–water partition coefficient (Wildman–Crippen LogP) is 0.791. The third kappa shape index (κ3) is 3.83. The molecule has 0 unspecified atom stereocenters. The van der Waals surface area contributed by atoms with Crippen LogP contribution in [0.5, 0.6) is 0 Å². The minimum absolute atomic E-state index is 0.369. The van der Waals surface area contributed by atoms with Gasteiger partial charge in [-0.25, -0.2) is 10.2 Å². The van der Waals surface area contributed by atoms with Gasteiger partial charge in [-0.05, 0) is 12.8 Å². The van der Waals surface area contributed by atoms with E-state index < -0.39 is 0 Å². The first-order chi connectivity index (χ1) is 5.39. The lowest BCUT2D eigenvalue weighted by Gasteiger charge is -2.10.